The van der Waals surface area contributed by atoms with Crippen molar-refractivity contribution in [3.63, 3.8) is 0 Å². The Morgan fingerprint density at radius 3 is 2.28 bits per heavy atom. The molecule has 0 saturated carbocycles. The molecule has 1 aromatic carbocycles. The van der Waals surface area contributed by atoms with Crippen LogP contribution >= 0.6 is 0 Å². The lowest BCUT2D eigenvalue weighted by Gasteiger charge is -2.11. The number of nitrogens with two attached hydrogens (primary N) is 1. The van der Waals surface area contributed by atoms with Gasteiger partial charge in [-0.05, 0) is 30.5 Å². The fraction of sp³-hybridized carbons (Fsp3) is 0.588. The van der Waals surface area contributed by atoms with Gasteiger partial charge in [-0.25, -0.2) is 4.39 Å². The zero-order valence-electron chi connectivity index (χ0n) is 15.3. The summed E-state index contributed by atoms with van der Waals surface area (Å²) in [7, 11) is 0.237. The molecule has 0 heterocycles. The maximum absolute atomic E-state index is 13.6. The van der Waals surface area contributed by atoms with Gasteiger partial charge < -0.3 is 20.7 Å². The van der Waals surface area contributed by atoms with Crippen LogP contribution < -0.4 is 15.7 Å². The van der Waals surface area contributed by atoms with E-state index in [-0.39, 0.29) is 13.6 Å². The molecule has 2 atom stereocenters. The predicted octanol–water partition coefficient (Wildman–Crippen LogP) is 2.64. The van der Waals surface area contributed by atoms with Crippen molar-refractivity contribution in [2.75, 3.05) is 13.1 Å². The van der Waals surface area contributed by atoms with Gasteiger partial charge in [0.25, 0.3) is 5.91 Å². The van der Waals surface area contributed by atoms with E-state index in [1.165, 1.54) is 6.42 Å². The van der Waals surface area contributed by atoms with Gasteiger partial charge in [-0.3, -0.25) is 4.79 Å². The zero-order valence-corrected chi connectivity index (χ0v) is 15.3. The zero-order chi connectivity index (χ0) is 19.4. The molecule has 1 aromatic rings. The Kier molecular flexibility index (Phi) is 11.8. The van der Waals surface area contributed by atoms with Gasteiger partial charge in [-0.15, -0.1) is 0 Å². The second-order valence-corrected chi connectivity index (χ2v) is 5.94. The quantitative estimate of drug-likeness (QED) is 0.625. The van der Waals surface area contributed by atoms with E-state index in [0.29, 0.717) is 12.5 Å². The van der Waals surface area contributed by atoms with Crippen molar-refractivity contribution in [3.8, 4) is 5.75 Å². The molecule has 0 aromatic heterocycles. The summed E-state index contributed by atoms with van der Waals surface area (Å²) in [6, 6.07) is 2.17. The summed E-state index contributed by atoms with van der Waals surface area (Å²) in [5.41, 5.74) is 4.89. The maximum atomic E-state index is 13.6. The number of nitrogens with one attached hydrogen (secondary N) is 1. The summed E-state index contributed by atoms with van der Waals surface area (Å²) < 4.78 is 31.4. The van der Waals surface area contributed by atoms with Crippen LogP contribution in [0.4, 0.5) is 8.78 Å². The van der Waals surface area contributed by atoms with Crippen LogP contribution in [0.2, 0.25) is 0 Å². The number of carbonyl (C=O) groups excluding carboxylic acids is 1. The Hall–Kier alpha value is -1.67. The lowest BCUT2D eigenvalue weighted by atomic mass is 10.1. The Morgan fingerprint density at radius 2 is 1.84 bits per heavy atom. The maximum Gasteiger partial charge on any atom is 0.569 e. The summed E-state index contributed by atoms with van der Waals surface area (Å²) in [5.74, 6) is -2.83. The van der Waals surface area contributed by atoms with Gasteiger partial charge in [-0.2, -0.15) is 4.39 Å². The van der Waals surface area contributed by atoms with E-state index in [1.807, 2.05) is 13.8 Å². The van der Waals surface area contributed by atoms with Crippen molar-refractivity contribution in [1.82, 2.24) is 5.32 Å². The van der Waals surface area contributed by atoms with Gasteiger partial charge in [0, 0.05) is 6.54 Å². The van der Waals surface area contributed by atoms with Crippen LogP contribution in [0.25, 0.3) is 0 Å². The Labute approximate surface area is 149 Å². The molecule has 1 amide bonds. The average molecular weight is 357 g/mol. The summed E-state index contributed by atoms with van der Waals surface area (Å²) in [6.07, 6.45) is 2.08. The minimum atomic E-state index is -1.32. The number of carbonyl (C=O) groups is 1. The minimum Gasteiger partial charge on any atom is -0.535 e. The number of amides is 1. The monoisotopic (exact) mass is 357 g/mol. The third kappa shape index (κ3) is 8.31. The molecule has 141 valence electrons. The summed E-state index contributed by atoms with van der Waals surface area (Å²) in [5, 5.41) is 10.9. The fourth-order valence-electron chi connectivity index (χ4n) is 1.53. The molecule has 0 bridgehead atoms. The molecule has 25 heavy (non-hydrogen) atoms. The van der Waals surface area contributed by atoms with E-state index in [0.717, 1.165) is 25.1 Å². The lowest BCUT2D eigenvalue weighted by molar-refractivity contribution is 0.0942. The normalized spacial score (nSPS) is 12.5. The van der Waals surface area contributed by atoms with E-state index >= 15 is 0 Å². The third-order valence-corrected chi connectivity index (χ3v) is 3.88. The first-order chi connectivity index (χ1) is 11.8. The highest BCUT2D eigenvalue weighted by Gasteiger charge is 2.19. The fourth-order valence-corrected chi connectivity index (χ4v) is 1.53. The van der Waals surface area contributed by atoms with Crippen LogP contribution in [0, 0.1) is 23.5 Å². The van der Waals surface area contributed by atoms with E-state index in [2.05, 4.69) is 23.8 Å². The highest BCUT2D eigenvalue weighted by molar-refractivity contribution is 6.17. The largest absolute Gasteiger partial charge is 0.569 e. The molecule has 2 unspecified atom stereocenters. The highest BCUT2D eigenvalue weighted by atomic mass is 19.2. The first kappa shape index (κ1) is 23.3. The molecule has 1 rings (SSSR count). The Bertz CT molecular complexity index is 529. The second-order valence-electron chi connectivity index (χ2n) is 5.94. The average Bonchev–Trinajstić information content (AvgIpc) is 2.63. The van der Waals surface area contributed by atoms with Crippen LogP contribution in [0.3, 0.4) is 0 Å². The molecule has 0 fully saturated rings. The van der Waals surface area contributed by atoms with Gasteiger partial charge in [0.05, 0.1) is 5.56 Å². The lowest BCUT2D eigenvalue weighted by Crippen LogP contribution is -2.29. The molecule has 8 heteroatoms. The van der Waals surface area contributed by atoms with E-state index in [1.54, 1.807) is 0 Å². The van der Waals surface area contributed by atoms with E-state index in [4.69, 9.17) is 10.8 Å². The number of hydrogen-bond acceptors (Lipinski definition) is 4. The van der Waals surface area contributed by atoms with Crippen molar-refractivity contribution in [3.05, 3.63) is 29.3 Å². The van der Waals surface area contributed by atoms with Crippen molar-refractivity contribution in [1.29, 1.82) is 0 Å². The van der Waals surface area contributed by atoms with Gasteiger partial charge >= 0.3 is 7.69 Å². The number of benzene rings is 1. The van der Waals surface area contributed by atoms with Crippen LogP contribution in [-0.2, 0) is 0 Å². The summed E-state index contributed by atoms with van der Waals surface area (Å²) in [4.78, 5) is 11.7. The van der Waals surface area contributed by atoms with Crippen LogP contribution in [0.1, 0.15) is 50.9 Å². The molecular weight excluding hydrogens is 329 g/mol. The molecule has 0 saturated heterocycles. The SMILES string of the molecule is CCC(C)CN.CCC(C)CNC(=O)c1ccc(O[B]O)c(F)c1F. The topological polar surface area (TPSA) is 84.6 Å². The standard InChI is InChI=1S/C12H15BF2NO3.C5H13N/c1-3-7(2)6-16-12(17)8-4-5-9(19-13-18)11(15)10(8)14;1-3-5(2)4-6/h4-5,7,18H,3,6H2,1-2H3,(H,16,17);5H,3-4,6H2,1-2H3. The van der Waals surface area contributed by atoms with Crippen LogP contribution in [-0.4, -0.2) is 31.7 Å². The molecule has 0 aliphatic rings. The van der Waals surface area contributed by atoms with Gasteiger partial charge in [0.1, 0.15) is 5.75 Å². The first-order valence-corrected chi connectivity index (χ1v) is 8.40. The smallest absolute Gasteiger partial charge is 0.535 e. The molecule has 0 spiro atoms. The molecule has 4 N–H and O–H groups in total. The van der Waals surface area contributed by atoms with Crippen molar-refractivity contribution >= 4 is 13.6 Å². The second kappa shape index (κ2) is 12.7. The summed E-state index contributed by atoms with van der Waals surface area (Å²) >= 11 is 0. The van der Waals surface area contributed by atoms with Gasteiger partial charge in [-0.1, -0.05) is 40.5 Å². The number of rotatable bonds is 8. The highest BCUT2D eigenvalue weighted by Crippen LogP contribution is 2.22. The minimum absolute atomic E-state index is 0.237. The van der Waals surface area contributed by atoms with E-state index in [9.17, 15) is 13.6 Å². The molecule has 0 aliphatic carbocycles. The predicted molar refractivity (Wildman–Crippen MR) is 95.3 cm³/mol. The van der Waals surface area contributed by atoms with E-state index < -0.39 is 28.9 Å². The Morgan fingerprint density at radius 1 is 1.24 bits per heavy atom. The van der Waals surface area contributed by atoms with Gasteiger partial charge in [0.15, 0.2) is 11.6 Å². The Balaban J connectivity index is 0.000000823. The molecule has 5 nitrogen and oxygen atoms in total. The third-order valence-electron chi connectivity index (χ3n) is 3.88. The van der Waals surface area contributed by atoms with Crippen LogP contribution in [0.15, 0.2) is 12.1 Å². The van der Waals surface area contributed by atoms with Gasteiger partial charge in [0.2, 0.25) is 0 Å². The number of halogens is 2. The summed E-state index contributed by atoms with van der Waals surface area (Å²) in [6.45, 7) is 9.42. The molecular formula is C17H28BF2N2O3. The van der Waals surface area contributed by atoms with Crippen molar-refractivity contribution < 1.29 is 23.3 Å². The molecule has 0 aliphatic heterocycles. The van der Waals surface area contributed by atoms with Crippen molar-refractivity contribution in [2.24, 2.45) is 17.6 Å². The van der Waals surface area contributed by atoms with Crippen LogP contribution in [0.5, 0.6) is 5.75 Å². The first-order valence-electron chi connectivity index (χ1n) is 8.40. The van der Waals surface area contributed by atoms with Crippen molar-refractivity contribution in [2.45, 2.75) is 40.5 Å². The number of hydrogen-bond donors (Lipinski definition) is 3. The molecule has 1 radical (unpaired) electrons.